The molecular weight excluding hydrogens is 477 g/mol. The average Bonchev–Trinajstić information content (AvgIpc) is 3.10. The van der Waals surface area contributed by atoms with E-state index in [9.17, 15) is 14.7 Å². The minimum atomic E-state index is -0.881. The van der Waals surface area contributed by atoms with Crippen LogP contribution < -0.4 is 14.4 Å². The molecule has 1 saturated heterocycles. The first-order valence-corrected chi connectivity index (χ1v) is 11.1. The van der Waals surface area contributed by atoms with Crippen molar-refractivity contribution in [1.82, 2.24) is 0 Å². The van der Waals surface area contributed by atoms with E-state index in [0.29, 0.717) is 11.3 Å². The molecule has 4 rings (SSSR count). The van der Waals surface area contributed by atoms with Crippen molar-refractivity contribution >= 4 is 46.3 Å². The van der Waals surface area contributed by atoms with Crippen molar-refractivity contribution in [3.8, 4) is 11.5 Å². The van der Waals surface area contributed by atoms with Crippen molar-refractivity contribution in [1.29, 1.82) is 0 Å². The predicted molar refractivity (Wildman–Crippen MR) is 132 cm³/mol. The number of Topliss-reactive ketones (excluding diaryl/α,β-unsaturated/α-hetero) is 1. The van der Waals surface area contributed by atoms with E-state index in [2.05, 4.69) is 0 Å². The molecule has 1 atom stereocenters. The van der Waals surface area contributed by atoms with Gasteiger partial charge in [0, 0.05) is 5.69 Å². The summed E-state index contributed by atoms with van der Waals surface area (Å²) in [6, 6.07) is 16.7. The Labute approximate surface area is 206 Å². The lowest BCUT2D eigenvalue weighted by Crippen LogP contribution is -2.29. The third-order valence-corrected chi connectivity index (χ3v) is 6.29. The van der Waals surface area contributed by atoms with Crippen molar-refractivity contribution in [3.05, 3.63) is 93.0 Å². The maximum Gasteiger partial charge on any atom is 0.300 e. The number of nitrogens with zero attached hydrogens (tertiary/aromatic N) is 1. The lowest BCUT2D eigenvalue weighted by Gasteiger charge is -2.25. The highest BCUT2D eigenvalue weighted by Crippen LogP contribution is 2.48. The van der Waals surface area contributed by atoms with Crippen LogP contribution in [0.25, 0.3) is 5.76 Å². The van der Waals surface area contributed by atoms with Crippen LogP contribution in [0, 0.1) is 6.92 Å². The van der Waals surface area contributed by atoms with Gasteiger partial charge < -0.3 is 14.6 Å². The van der Waals surface area contributed by atoms with Gasteiger partial charge in [0.25, 0.3) is 11.7 Å². The van der Waals surface area contributed by atoms with Gasteiger partial charge in [-0.25, -0.2) is 0 Å². The molecule has 1 aliphatic heterocycles. The third-order valence-electron chi connectivity index (χ3n) is 5.67. The molecule has 6 nitrogen and oxygen atoms in total. The fourth-order valence-electron chi connectivity index (χ4n) is 4.05. The van der Waals surface area contributed by atoms with Crippen molar-refractivity contribution in [2.24, 2.45) is 0 Å². The van der Waals surface area contributed by atoms with Crippen LogP contribution in [-0.4, -0.2) is 31.0 Å². The molecule has 0 spiro atoms. The molecule has 3 aromatic carbocycles. The van der Waals surface area contributed by atoms with Gasteiger partial charge in [-0.15, -0.1) is 0 Å². The molecule has 1 N–H and O–H groups in total. The Hall–Kier alpha value is -3.48. The maximum atomic E-state index is 13.3. The zero-order valence-corrected chi connectivity index (χ0v) is 20.1. The molecule has 1 amide bonds. The van der Waals surface area contributed by atoms with E-state index in [1.165, 1.54) is 25.2 Å². The standard InChI is InChI=1S/C26H21Cl2NO5/c1-14-9-11-16(12-10-14)29-21(15-7-5-4-6-8-15)19(23(31)26(29)32)22(30)17-13-18(27)25(34-3)20(28)24(17)33-2/h4-13,21,30H,1-3H3/b22-19+. The molecule has 1 heterocycles. The first-order valence-electron chi connectivity index (χ1n) is 10.3. The second-order valence-electron chi connectivity index (χ2n) is 7.70. The molecule has 0 saturated carbocycles. The van der Waals surface area contributed by atoms with Crippen LogP contribution in [0.4, 0.5) is 5.69 Å². The number of rotatable bonds is 5. The second kappa shape index (κ2) is 9.41. The monoisotopic (exact) mass is 497 g/mol. The van der Waals surface area contributed by atoms with E-state index in [0.717, 1.165) is 5.56 Å². The lowest BCUT2D eigenvalue weighted by molar-refractivity contribution is -0.132. The highest BCUT2D eigenvalue weighted by Gasteiger charge is 2.47. The molecule has 1 unspecified atom stereocenters. The zero-order chi connectivity index (χ0) is 24.6. The molecule has 8 heteroatoms. The van der Waals surface area contributed by atoms with Gasteiger partial charge in [0.05, 0.1) is 36.4 Å². The van der Waals surface area contributed by atoms with Crippen LogP contribution in [0.1, 0.15) is 22.7 Å². The number of aryl methyl sites for hydroxylation is 1. The number of benzene rings is 3. The highest BCUT2D eigenvalue weighted by molar-refractivity contribution is 6.52. The quantitative estimate of drug-likeness (QED) is 0.268. The average molecular weight is 498 g/mol. The number of aliphatic hydroxyl groups excluding tert-OH is 1. The minimum Gasteiger partial charge on any atom is -0.507 e. The Kier molecular flexibility index (Phi) is 6.55. The molecule has 3 aromatic rings. The van der Waals surface area contributed by atoms with Crippen LogP contribution >= 0.6 is 23.2 Å². The van der Waals surface area contributed by atoms with Crippen LogP contribution in [-0.2, 0) is 9.59 Å². The molecule has 1 aliphatic rings. The Morgan fingerprint density at radius 1 is 0.941 bits per heavy atom. The Morgan fingerprint density at radius 2 is 1.56 bits per heavy atom. The Morgan fingerprint density at radius 3 is 2.15 bits per heavy atom. The first-order chi connectivity index (χ1) is 16.3. The Balaban J connectivity index is 2.00. The van der Waals surface area contributed by atoms with Gasteiger partial charge in [-0.2, -0.15) is 0 Å². The maximum absolute atomic E-state index is 13.3. The summed E-state index contributed by atoms with van der Waals surface area (Å²) in [6.45, 7) is 1.93. The highest BCUT2D eigenvalue weighted by atomic mass is 35.5. The number of ether oxygens (including phenoxy) is 2. The van der Waals surface area contributed by atoms with Crippen molar-refractivity contribution in [2.45, 2.75) is 13.0 Å². The normalized spacial score (nSPS) is 17.2. The van der Waals surface area contributed by atoms with E-state index in [1.54, 1.807) is 36.4 Å². The molecule has 0 radical (unpaired) electrons. The number of amides is 1. The SMILES string of the molecule is COc1c(Cl)cc(/C(O)=C2\C(=O)C(=O)N(c3ccc(C)cc3)C2c2ccccc2)c(OC)c1Cl. The van der Waals surface area contributed by atoms with Crippen molar-refractivity contribution in [3.63, 3.8) is 0 Å². The number of hydrogen-bond donors (Lipinski definition) is 1. The van der Waals surface area contributed by atoms with Crippen LogP contribution in [0.15, 0.2) is 66.2 Å². The van der Waals surface area contributed by atoms with Crippen molar-refractivity contribution < 1.29 is 24.2 Å². The topological polar surface area (TPSA) is 76.1 Å². The summed E-state index contributed by atoms with van der Waals surface area (Å²) >= 11 is 12.7. The van der Waals surface area contributed by atoms with E-state index < -0.39 is 23.5 Å². The summed E-state index contributed by atoms with van der Waals surface area (Å²) < 4.78 is 10.6. The number of carbonyl (C=O) groups is 2. The van der Waals surface area contributed by atoms with Gasteiger partial charge in [-0.05, 0) is 30.7 Å². The lowest BCUT2D eigenvalue weighted by atomic mass is 9.94. The van der Waals surface area contributed by atoms with Gasteiger partial charge in [-0.3, -0.25) is 14.5 Å². The third kappa shape index (κ3) is 3.89. The van der Waals surface area contributed by atoms with Crippen LogP contribution in [0.3, 0.4) is 0 Å². The number of hydrogen-bond acceptors (Lipinski definition) is 5. The number of methoxy groups -OCH3 is 2. The summed E-state index contributed by atoms with van der Waals surface area (Å²) in [5.74, 6) is -1.82. The number of halogens is 2. The van der Waals surface area contributed by atoms with Gasteiger partial charge in [-0.1, -0.05) is 71.2 Å². The molecular formula is C26H21Cl2NO5. The number of anilines is 1. The number of ketones is 1. The summed E-state index contributed by atoms with van der Waals surface area (Å²) in [4.78, 5) is 27.9. The molecule has 0 aliphatic carbocycles. The largest absolute Gasteiger partial charge is 0.507 e. The van der Waals surface area contributed by atoms with Gasteiger partial charge in [0.1, 0.15) is 10.8 Å². The zero-order valence-electron chi connectivity index (χ0n) is 18.6. The molecule has 0 bridgehead atoms. The predicted octanol–water partition coefficient (Wildman–Crippen LogP) is 5.95. The van der Waals surface area contributed by atoms with E-state index in [1.807, 2.05) is 25.1 Å². The minimum absolute atomic E-state index is 0.0306. The van der Waals surface area contributed by atoms with Gasteiger partial charge in [0.2, 0.25) is 0 Å². The number of aliphatic hydroxyl groups is 1. The van der Waals surface area contributed by atoms with E-state index in [4.69, 9.17) is 32.7 Å². The van der Waals surface area contributed by atoms with Gasteiger partial charge >= 0.3 is 0 Å². The summed E-state index contributed by atoms with van der Waals surface area (Å²) in [7, 11) is 2.76. The molecule has 174 valence electrons. The van der Waals surface area contributed by atoms with Gasteiger partial charge in [0.15, 0.2) is 11.5 Å². The molecule has 34 heavy (non-hydrogen) atoms. The van der Waals surface area contributed by atoms with E-state index in [-0.39, 0.29) is 32.7 Å². The molecule has 0 aromatic heterocycles. The molecule has 1 fully saturated rings. The summed E-state index contributed by atoms with van der Waals surface area (Å²) in [6.07, 6.45) is 0. The fourth-order valence-corrected chi connectivity index (χ4v) is 4.73. The van der Waals surface area contributed by atoms with Crippen LogP contribution in [0.5, 0.6) is 11.5 Å². The summed E-state index contributed by atoms with van der Waals surface area (Å²) in [5.41, 5.74) is 2.14. The van der Waals surface area contributed by atoms with Crippen LogP contribution in [0.2, 0.25) is 10.0 Å². The summed E-state index contributed by atoms with van der Waals surface area (Å²) in [5, 5.41) is 11.6. The fraction of sp³-hybridized carbons (Fsp3) is 0.154. The van der Waals surface area contributed by atoms with E-state index >= 15 is 0 Å². The smallest absolute Gasteiger partial charge is 0.300 e. The first kappa shape index (κ1) is 23.7. The Bertz CT molecular complexity index is 1300. The number of carbonyl (C=O) groups excluding carboxylic acids is 2. The van der Waals surface area contributed by atoms with Crippen molar-refractivity contribution in [2.75, 3.05) is 19.1 Å². The second-order valence-corrected chi connectivity index (χ2v) is 8.49.